The molecule has 0 radical (unpaired) electrons. The smallest absolute Gasteiger partial charge is 0.0138 e. The van der Waals surface area contributed by atoms with Crippen molar-refractivity contribution in [3.63, 3.8) is 0 Å². The predicted octanol–water partition coefficient (Wildman–Crippen LogP) is 4.15. The van der Waals surface area contributed by atoms with E-state index in [1.165, 1.54) is 50.6 Å². The summed E-state index contributed by atoms with van der Waals surface area (Å²) in [5.41, 5.74) is 1.43. The van der Waals surface area contributed by atoms with Crippen molar-refractivity contribution in [1.82, 2.24) is 5.32 Å². The Balaban J connectivity index is 1.88. The monoisotopic (exact) mass is 235 g/mol. The molecule has 98 valence electrons. The van der Waals surface area contributed by atoms with Gasteiger partial charge in [0, 0.05) is 6.04 Å². The summed E-state index contributed by atoms with van der Waals surface area (Å²) in [4.78, 5) is 0. The van der Waals surface area contributed by atoms with Gasteiger partial charge in [-0.25, -0.2) is 0 Å². The van der Waals surface area contributed by atoms with E-state index in [2.05, 4.69) is 25.7 Å². The van der Waals surface area contributed by atoms with Crippen LogP contribution < -0.4 is 5.32 Å². The van der Waals surface area contributed by atoms with E-state index in [1.807, 2.05) is 0 Å². The molecule has 3 unspecified atom stereocenters. The normalized spacial score (nSPS) is 32.9. The highest BCUT2D eigenvalue weighted by Crippen LogP contribution is 2.57. The fourth-order valence-electron chi connectivity index (χ4n) is 3.77. The van der Waals surface area contributed by atoms with E-state index < -0.39 is 0 Å². The average Bonchev–Trinajstić information content (AvgIpc) is 3.08. The zero-order chi connectivity index (χ0) is 12.3. The van der Waals surface area contributed by atoms with E-state index in [1.54, 1.807) is 0 Å². The van der Waals surface area contributed by atoms with E-state index in [4.69, 9.17) is 0 Å². The molecule has 0 aromatic heterocycles. The summed E-state index contributed by atoms with van der Waals surface area (Å²) in [5, 5.41) is 3.79. The summed E-state index contributed by atoms with van der Waals surface area (Å²) in [5.74, 6) is 3.10. The van der Waals surface area contributed by atoms with Gasteiger partial charge in [-0.2, -0.15) is 0 Å². The van der Waals surface area contributed by atoms with Gasteiger partial charge in [-0.05, 0) is 56.4 Å². The minimum atomic E-state index is 0.732. The van der Waals surface area contributed by atoms with Crippen LogP contribution in [0.25, 0.3) is 0 Å². The third kappa shape index (κ3) is 3.13. The highest BCUT2D eigenvalue weighted by Gasteiger charge is 2.53. The van der Waals surface area contributed by atoms with Gasteiger partial charge in [-0.3, -0.25) is 0 Å². The maximum Gasteiger partial charge on any atom is 0.0138 e. The molecule has 0 aliphatic heterocycles. The second-order valence-corrected chi connectivity index (χ2v) is 6.06. The number of fused-ring (bicyclic) bond motifs is 1. The van der Waals surface area contributed by atoms with Crippen molar-refractivity contribution in [3.05, 3.63) is 12.2 Å². The largest absolute Gasteiger partial charge is 0.313 e. The Morgan fingerprint density at radius 3 is 2.41 bits per heavy atom. The van der Waals surface area contributed by atoms with E-state index >= 15 is 0 Å². The molecule has 0 aromatic rings. The van der Waals surface area contributed by atoms with Crippen molar-refractivity contribution in [3.8, 4) is 0 Å². The lowest BCUT2D eigenvalue weighted by Crippen LogP contribution is -2.33. The quantitative estimate of drug-likeness (QED) is 0.654. The molecule has 2 aliphatic carbocycles. The number of nitrogens with one attached hydrogen (secondary N) is 1. The Labute approximate surface area is 107 Å². The van der Waals surface area contributed by atoms with Crippen molar-refractivity contribution < 1.29 is 0 Å². The summed E-state index contributed by atoms with van der Waals surface area (Å²) >= 11 is 0. The standard InChI is InChI=1S/C16H29N/c1-4-10-17-15(11-12(3)5-2)16-13-8-6-7-9-14(13)16/h13-17H,3-11H2,1-2H3. The summed E-state index contributed by atoms with van der Waals surface area (Å²) in [6.07, 6.45) is 9.56. The molecule has 0 bridgehead atoms. The fourth-order valence-corrected chi connectivity index (χ4v) is 3.77. The van der Waals surface area contributed by atoms with Crippen LogP contribution in [-0.2, 0) is 0 Å². The Morgan fingerprint density at radius 1 is 1.24 bits per heavy atom. The van der Waals surface area contributed by atoms with Crippen molar-refractivity contribution in [2.75, 3.05) is 6.54 Å². The maximum absolute atomic E-state index is 4.21. The van der Waals surface area contributed by atoms with Crippen LogP contribution >= 0.6 is 0 Å². The molecule has 0 heterocycles. The Hall–Kier alpha value is -0.300. The molecule has 2 rings (SSSR count). The van der Waals surface area contributed by atoms with Crippen LogP contribution in [0.1, 0.15) is 58.8 Å². The number of hydrogen-bond acceptors (Lipinski definition) is 1. The molecule has 2 saturated carbocycles. The molecular formula is C16H29N. The number of hydrogen-bond donors (Lipinski definition) is 1. The second-order valence-electron chi connectivity index (χ2n) is 6.06. The van der Waals surface area contributed by atoms with Crippen LogP contribution in [-0.4, -0.2) is 12.6 Å². The lowest BCUT2D eigenvalue weighted by atomic mass is 9.99. The van der Waals surface area contributed by atoms with Crippen LogP contribution in [0.15, 0.2) is 12.2 Å². The predicted molar refractivity (Wildman–Crippen MR) is 75.1 cm³/mol. The third-order valence-electron chi connectivity index (χ3n) is 4.85. The van der Waals surface area contributed by atoms with E-state index in [-0.39, 0.29) is 0 Å². The molecule has 1 heteroatoms. The van der Waals surface area contributed by atoms with Gasteiger partial charge in [0.15, 0.2) is 0 Å². The van der Waals surface area contributed by atoms with Crippen molar-refractivity contribution >= 4 is 0 Å². The molecule has 0 saturated heterocycles. The van der Waals surface area contributed by atoms with Crippen molar-refractivity contribution in [2.45, 2.75) is 64.8 Å². The first-order valence-electron chi connectivity index (χ1n) is 7.68. The van der Waals surface area contributed by atoms with Gasteiger partial charge >= 0.3 is 0 Å². The zero-order valence-corrected chi connectivity index (χ0v) is 11.7. The van der Waals surface area contributed by atoms with Gasteiger partial charge in [-0.1, -0.05) is 38.8 Å². The molecule has 2 fully saturated rings. The highest BCUT2D eigenvalue weighted by atomic mass is 14.9. The molecule has 0 spiro atoms. The summed E-state index contributed by atoms with van der Waals surface area (Å²) in [6, 6.07) is 0.732. The third-order valence-corrected chi connectivity index (χ3v) is 4.85. The molecule has 1 N–H and O–H groups in total. The van der Waals surface area contributed by atoms with Crippen LogP contribution in [0.2, 0.25) is 0 Å². The SMILES string of the molecule is C=C(CC)CC(NCCC)C1C2CCCCC21. The van der Waals surface area contributed by atoms with E-state index in [9.17, 15) is 0 Å². The van der Waals surface area contributed by atoms with Gasteiger partial charge in [0.05, 0.1) is 0 Å². The lowest BCUT2D eigenvalue weighted by molar-refractivity contribution is 0.424. The fraction of sp³-hybridized carbons (Fsp3) is 0.875. The zero-order valence-electron chi connectivity index (χ0n) is 11.7. The topological polar surface area (TPSA) is 12.0 Å². The van der Waals surface area contributed by atoms with Gasteiger partial charge in [0.2, 0.25) is 0 Å². The highest BCUT2D eigenvalue weighted by molar-refractivity contribution is 5.08. The Bertz CT molecular complexity index is 246. The first-order chi connectivity index (χ1) is 8.27. The molecule has 1 nitrogen and oxygen atoms in total. The van der Waals surface area contributed by atoms with E-state index in [0.29, 0.717) is 0 Å². The van der Waals surface area contributed by atoms with Crippen LogP contribution in [0, 0.1) is 17.8 Å². The van der Waals surface area contributed by atoms with Crippen LogP contribution in [0.4, 0.5) is 0 Å². The Kier molecular flexibility index (Phi) is 4.67. The first kappa shape index (κ1) is 13.1. The molecule has 3 atom stereocenters. The molecule has 17 heavy (non-hydrogen) atoms. The summed E-state index contributed by atoms with van der Waals surface area (Å²) < 4.78 is 0. The van der Waals surface area contributed by atoms with E-state index in [0.717, 1.165) is 30.2 Å². The molecule has 0 amide bonds. The van der Waals surface area contributed by atoms with Crippen molar-refractivity contribution in [1.29, 1.82) is 0 Å². The first-order valence-corrected chi connectivity index (χ1v) is 7.68. The summed E-state index contributed by atoms with van der Waals surface area (Å²) in [6.45, 7) is 9.88. The molecular weight excluding hydrogens is 206 g/mol. The summed E-state index contributed by atoms with van der Waals surface area (Å²) in [7, 11) is 0. The van der Waals surface area contributed by atoms with Gasteiger partial charge < -0.3 is 5.32 Å². The van der Waals surface area contributed by atoms with Gasteiger partial charge in [0.25, 0.3) is 0 Å². The van der Waals surface area contributed by atoms with Crippen LogP contribution in [0.5, 0.6) is 0 Å². The second kappa shape index (κ2) is 6.04. The number of rotatable bonds is 7. The average molecular weight is 235 g/mol. The maximum atomic E-state index is 4.21. The molecule has 0 aromatic carbocycles. The lowest BCUT2D eigenvalue weighted by Gasteiger charge is -2.20. The Morgan fingerprint density at radius 2 is 1.88 bits per heavy atom. The van der Waals surface area contributed by atoms with Gasteiger partial charge in [-0.15, -0.1) is 0 Å². The molecule has 2 aliphatic rings. The van der Waals surface area contributed by atoms with Gasteiger partial charge in [0.1, 0.15) is 0 Å². The van der Waals surface area contributed by atoms with Crippen molar-refractivity contribution in [2.24, 2.45) is 17.8 Å². The van der Waals surface area contributed by atoms with Crippen LogP contribution in [0.3, 0.4) is 0 Å². The minimum Gasteiger partial charge on any atom is -0.313 e. The minimum absolute atomic E-state index is 0.732.